The van der Waals surface area contributed by atoms with Crippen molar-refractivity contribution in [2.45, 2.75) is 65.1 Å². The highest BCUT2D eigenvalue weighted by molar-refractivity contribution is 7.10. The normalized spacial score (nSPS) is 23.1. The summed E-state index contributed by atoms with van der Waals surface area (Å²) in [5.74, 6) is 0. The van der Waals surface area contributed by atoms with Gasteiger partial charge in [-0.25, -0.2) is 0 Å². The topological polar surface area (TPSA) is 15.3 Å². The average Bonchev–Trinajstić information content (AvgIpc) is 2.86. The second-order valence-corrected chi connectivity index (χ2v) is 6.91. The maximum absolute atomic E-state index is 3.68. The number of hydrogen-bond acceptors (Lipinski definition) is 3. The standard InChI is InChI=1S/C16H28N2S/c1-5-6-12(2)17-11-13(3)18-9-7-16-15(14(18)4)8-10-19-16/h8,10,12-14,17H,5-7,9,11H2,1-4H3. The molecule has 0 radical (unpaired) electrons. The van der Waals surface area contributed by atoms with Crippen molar-refractivity contribution in [3.05, 3.63) is 21.9 Å². The molecule has 3 heteroatoms. The highest BCUT2D eigenvalue weighted by Gasteiger charge is 2.27. The third-order valence-electron chi connectivity index (χ3n) is 4.37. The van der Waals surface area contributed by atoms with E-state index in [-0.39, 0.29) is 0 Å². The third-order valence-corrected chi connectivity index (χ3v) is 5.37. The Morgan fingerprint density at radius 2 is 2.26 bits per heavy atom. The molecule has 3 unspecified atom stereocenters. The lowest BCUT2D eigenvalue weighted by molar-refractivity contribution is 0.140. The molecule has 0 bridgehead atoms. The van der Waals surface area contributed by atoms with E-state index in [0.29, 0.717) is 18.1 Å². The number of nitrogens with one attached hydrogen (secondary N) is 1. The molecule has 0 aromatic carbocycles. The van der Waals surface area contributed by atoms with E-state index in [0.717, 1.165) is 6.54 Å². The van der Waals surface area contributed by atoms with Gasteiger partial charge in [0.1, 0.15) is 0 Å². The predicted molar refractivity (Wildman–Crippen MR) is 85.0 cm³/mol. The summed E-state index contributed by atoms with van der Waals surface area (Å²) in [6.45, 7) is 11.6. The van der Waals surface area contributed by atoms with E-state index in [4.69, 9.17) is 0 Å². The zero-order valence-corrected chi connectivity index (χ0v) is 13.6. The monoisotopic (exact) mass is 280 g/mol. The van der Waals surface area contributed by atoms with Gasteiger partial charge in [-0.2, -0.15) is 0 Å². The summed E-state index contributed by atoms with van der Waals surface area (Å²) in [4.78, 5) is 4.25. The lowest BCUT2D eigenvalue weighted by Crippen LogP contribution is -2.46. The first-order valence-electron chi connectivity index (χ1n) is 7.68. The Balaban J connectivity index is 1.88. The molecule has 2 rings (SSSR count). The van der Waals surface area contributed by atoms with E-state index in [1.54, 1.807) is 10.4 Å². The van der Waals surface area contributed by atoms with Crippen molar-refractivity contribution < 1.29 is 0 Å². The molecular weight excluding hydrogens is 252 g/mol. The molecule has 3 atom stereocenters. The van der Waals surface area contributed by atoms with Gasteiger partial charge in [-0.1, -0.05) is 13.3 Å². The lowest BCUT2D eigenvalue weighted by atomic mass is 9.99. The average molecular weight is 280 g/mol. The second-order valence-electron chi connectivity index (χ2n) is 5.91. The molecular formula is C16H28N2S. The summed E-state index contributed by atoms with van der Waals surface area (Å²) in [5, 5.41) is 5.93. The van der Waals surface area contributed by atoms with Gasteiger partial charge in [0.2, 0.25) is 0 Å². The zero-order chi connectivity index (χ0) is 13.8. The largest absolute Gasteiger partial charge is 0.313 e. The van der Waals surface area contributed by atoms with Crippen LogP contribution in [-0.4, -0.2) is 30.1 Å². The Bertz CT molecular complexity index is 388. The van der Waals surface area contributed by atoms with E-state index in [1.807, 2.05) is 11.3 Å². The van der Waals surface area contributed by atoms with Gasteiger partial charge in [0.15, 0.2) is 0 Å². The van der Waals surface area contributed by atoms with Gasteiger partial charge < -0.3 is 5.32 Å². The van der Waals surface area contributed by atoms with E-state index >= 15 is 0 Å². The van der Waals surface area contributed by atoms with E-state index in [1.165, 1.54) is 25.8 Å². The van der Waals surface area contributed by atoms with Crippen molar-refractivity contribution >= 4 is 11.3 Å². The van der Waals surface area contributed by atoms with Crippen LogP contribution in [0.15, 0.2) is 11.4 Å². The highest BCUT2D eigenvalue weighted by atomic mass is 32.1. The van der Waals surface area contributed by atoms with Crippen LogP contribution in [0.25, 0.3) is 0 Å². The van der Waals surface area contributed by atoms with Crippen molar-refractivity contribution in [3.8, 4) is 0 Å². The molecule has 108 valence electrons. The first kappa shape index (κ1) is 15.0. The first-order valence-corrected chi connectivity index (χ1v) is 8.56. The summed E-state index contributed by atoms with van der Waals surface area (Å²) in [6.07, 6.45) is 3.77. The fourth-order valence-electron chi connectivity index (χ4n) is 3.16. The molecule has 1 aromatic rings. The van der Waals surface area contributed by atoms with Crippen LogP contribution < -0.4 is 5.32 Å². The van der Waals surface area contributed by atoms with Gasteiger partial charge in [0, 0.05) is 36.1 Å². The number of fused-ring (bicyclic) bond motifs is 1. The smallest absolute Gasteiger partial charge is 0.0334 e. The van der Waals surface area contributed by atoms with Crippen LogP contribution in [0.1, 0.15) is 57.0 Å². The molecule has 1 N–H and O–H groups in total. The Morgan fingerprint density at radius 1 is 1.47 bits per heavy atom. The second kappa shape index (κ2) is 6.87. The number of hydrogen-bond donors (Lipinski definition) is 1. The molecule has 0 fully saturated rings. The van der Waals surface area contributed by atoms with Crippen molar-refractivity contribution in [1.82, 2.24) is 10.2 Å². The summed E-state index contributed by atoms with van der Waals surface area (Å²) in [5.41, 5.74) is 1.56. The van der Waals surface area contributed by atoms with Crippen LogP contribution in [0, 0.1) is 0 Å². The molecule has 1 aliphatic rings. The Morgan fingerprint density at radius 3 is 3.00 bits per heavy atom. The fourth-order valence-corrected chi connectivity index (χ4v) is 4.12. The quantitative estimate of drug-likeness (QED) is 0.852. The van der Waals surface area contributed by atoms with Crippen molar-refractivity contribution in [2.24, 2.45) is 0 Å². The lowest BCUT2D eigenvalue weighted by Gasteiger charge is -2.38. The summed E-state index contributed by atoms with van der Waals surface area (Å²) >= 11 is 1.93. The van der Waals surface area contributed by atoms with Crippen molar-refractivity contribution in [1.29, 1.82) is 0 Å². The highest BCUT2D eigenvalue weighted by Crippen LogP contribution is 2.33. The molecule has 2 nitrogen and oxygen atoms in total. The summed E-state index contributed by atoms with van der Waals surface area (Å²) in [6, 6.07) is 4.15. The molecule has 0 saturated heterocycles. The van der Waals surface area contributed by atoms with Gasteiger partial charge in [0.25, 0.3) is 0 Å². The molecule has 0 amide bonds. The van der Waals surface area contributed by atoms with Crippen LogP contribution in [0.3, 0.4) is 0 Å². The fraction of sp³-hybridized carbons (Fsp3) is 0.750. The molecule has 0 saturated carbocycles. The maximum Gasteiger partial charge on any atom is 0.0334 e. The van der Waals surface area contributed by atoms with Crippen molar-refractivity contribution in [2.75, 3.05) is 13.1 Å². The first-order chi connectivity index (χ1) is 9.13. The summed E-state index contributed by atoms with van der Waals surface area (Å²) < 4.78 is 0. The minimum absolute atomic E-state index is 0.577. The Labute approximate surface area is 122 Å². The molecule has 1 aromatic heterocycles. The third kappa shape index (κ3) is 3.59. The van der Waals surface area contributed by atoms with Crippen LogP contribution in [-0.2, 0) is 6.42 Å². The van der Waals surface area contributed by atoms with Gasteiger partial charge in [-0.15, -0.1) is 11.3 Å². The Kier molecular flexibility index (Phi) is 5.43. The molecule has 0 aliphatic carbocycles. The van der Waals surface area contributed by atoms with Gasteiger partial charge in [-0.05, 0) is 50.6 Å². The summed E-state index contributed by atoms with van der Waals surface area (Å²) in [7, 11) is 0. The number of thiophene rings is 1. The van der Waals surface area contributed by atoms with E-state index in [2.05, 4.69) is 49.4 Å². The molecule has 0 spiro atoms. The van der Waals surface area contributed by atoms with E-state index in [9.17, 15) is 0 Å². The van der Waals surface area contributed by atoms with Crippen LogP contribution in [0.5, 0.6) is 0 Å². The molecule has 2 heterocycles. The van der Waals surface area contributed by atoms with Crippen LogP contribution in [0.2, 0.25) is 0 Å². The minimum Gasteiger partial charge on any atom is -0.313 e. The molecule has 1 aliphatic heterocycles. The number of nitrogens with zero attached hydrogens (tertiary/aromatic N) is 1. The predicted octanol–water partition coefficient (Wildman–Crippen LogP) is 3.83. The van der Waals surface area contributed by atoms with Gasteiger partial charge in [0.05, 0.1) is 0 Å². The van der Waals surface area contributed by atoms with Crippen molar-refractivity contribution in [3.63, 3.8) is 0 Å². The van der Waals surface area contributed by atoms with E-state index < -0.39 is 0 Å². The Hall–Kier alpha value is -0.380. The maximum atomic E-state index is 3.68. The molecule has 19 heavy (non-hydrogen) atoms. The van der Waals surface area contributed by atoms with Crippen LogP contribution >= 0.6 is 11.3 Å². The SMILES string of the molecule is CCCC(C)NCC(C)N1CCc2sccc2C1C. The number of rotatable bonds is 6. The zero-order valence-electron chi connectivity index (χ0n) is 12.8. The van der Waals surface area contributed by atoms with Gasteiger partial charge in [-0.3, -0.25) is 4.90 Å². The van der Waals surface area contributed by atoms with Crippen LogP contribution in [0.4, 0.5) is 0 Å². The van der Waals surface area contributed by atoms with Gasteiger partial charge >= 0.3 is 0 Å². The minimum atomic E-state index is 0.577.